The number of pyridine rings is 1. The predicted molar refractivity (Wildman–Crippen MR) is 108 cm³/mol. The van der Waals surface area contributed by atoms with Crippen LogP contribution in [-0.2, 0) is 0 Å². The summed E-state index contributed by atoms with van der Waals surface area (Å²) in [6.45, 7) is 6.38. The summed E-state index contributed by atoms with van der Waals surface area (Å²) >= 11 is 0. The monoisotopic (exact) mass is 372 g/mol. The van der Waals surface area contributed by atoms with Gasteiger partial charge in [-0.05, 0) is 45.0 Å². The second kappa shape index (κ2) is 6.65. The molecule has 1 atom stereocenters. The van der Waals surface area contributed by atoms with E-state index in [0.29, 0.717) is 16.6 Å². The van der Waals surface area contributed by atoms with Gasteiger partial charge in [0.2, 0.25) is 0 Å². The van der Waals surface area contributed by atoms with E-state index in [0.717, 1.165) is 11.4 Å². The Morgan fingerprint density at radius 2 is 1.89 bits per heavy atom. The van der Waals surface area contributed by atoms with Crippen molar-refractivity contribution in [3.8, 4) is 11.8 Å². The van der Waals surface area contributed by atoms with Gasteiger partial charge in [-0.15, -0.1) is 0 Å². The number of hydrogen-bond donors (Lipinski definition) is 0. The van der Waals surface area contributed by atoms with E-state index in [1.807, 2.05) is 53.3 Å². The molecule has 1 aliphatic heterocycles. The Morgan fingerprint density at radius 3 is 2.57 bits per heavy atom. The Balaban J connectivity index is 2.09. The number of benzene rings is 1. The zero-order valence-electron chi connectivity index (χ0n) is 16.1. The molecule has 0 N–H and O–H groups in total. The van der Waals surface area contributed by atoms with Crippen LogP contribution in [0.4, 0.5) is 4.39 Å². The zero-order chi connectivity index (χ0) is 19.9. The van der Waals surface area contributed by atoms with E-state index in [2.05, 4.69) is 42.8 Å². The Labute approximate surface area is 163 Å². The SMILES string of the molecule is CC(C)(C)N1C=CC=CC1c1c(C#N)c2cc(F)cnc2n1-c1ccccc1. The maximum absolute atomic E-state index is 14.0. The van der Waals surface area contributed by atoms with Gasteiger partial charge < -0.3 is 4.90 Å². The number of fused-ring (bicyclic) bond motifs is 1. The average molecular weight is 372 g/mol. The lowest BCUT2D eigenvalue weighted by molar-refractivity contribution is 0.165. The van der Waals surface area contributed by atoms with Gasteiger partial charge in [0, 0.05) is 22.8 Å². The summed E-state index contributed by atoms with van der Waals surface area (Å²) in [6.07, 6.45) is 9.27. The normalized spacial score (nSPS) is 16.5. The van der Waals surface area contributed by atoms with Gasteiger partial charge in [-0.25, -0.2) is 9.37 Å². The van der Waals surface area contributed by atoms with Crippen LogP contribution in [0, 0.1) is 17.1 Å². The molecule has 140 valence electrons. The molecule has 1 aliphatic rings. The van der Waals surface area contributed by atoms with Crippen LogP contribution in [-0.4, -0.2) is 20.0 Å². The third-order valence-electron chi connectivity index (χ3n) is 4.94. The first kappa shape index (κ1) is 18.0. The van der Waals surface area contributed by atoms with E-state index in [1.165, 1.54) is 12.3 Å². The van der Waals surface area contributed by atoms with Crippen LogP contribution in [0.15, 0.2) is 67.0 Å². The van der Waals surface area contributed by atoms with E-state index in [9.17, 15) is 9.65 Å². The molecule has 0 saturated heterocycles. The van der Waals surface area contributed by atoms with Crippen LogP contribution in [0.2, 0.25) is 0 Å². The zero-order valence-corrected chi connectivity index (χ0v) is 16.1. The number of allylic oxidation sites excluding steroid dienone is 2. The van der Waals surface area contributed by atoms with Crippen molar-refractivity contribution in [3.05, 3.63) is 84.1 Å². The summed E-state index contributed by atoms with van der Waals surface area (Å²) in [7, 11) is 0. The minimum absolute atomic E-state index is 0.171. The number of hydrogen-bond acceptors (Lipinski definition) is 3. The van der Waals surface area contributed by atoms with Crippen molar-refractivity contribution in [2.45, 2.75) is 32.4 Å². The van der Waals surface area contributed by atoms with Gasteiger partial charge in [-0.3, -0.25) is 4.57 Å². The van der Waals surface area contributed by atoms with Crippen molar-refractivity contribution in [2.24, 2.45) is 0 Å². The highest BCUT2D eigenvalue weighted by Gasteiger charge is 2.33. The molecule has 0 spiro atoms. The third-order valence-corrected chi connectivity index (χ3v) is 4.94. The number of para-hydroxylation sites is 1. The Bertz CT molecular complexity index is 1130. The molecule has 1 aromatic carbocycles. The molecule has 4 rings (SSSR count). The first-order valence-electron chi connectivity index (χ1n) is 9.20. The van der Waals surface area contributed by atoms with Gasteiger partial charge >= 0.3 is 0 Å². The van der Waals surface area contributed by atoms with Crippen LogP contribution in [0.3, 0.4) is 0 Å². The smallest absolute Gasteiger partial charge is 0.146 e. The summed E-state index contributed by atoms with van der Waals surface area (Å²) in [5, 5.41) is 10.5. The quantitative estimate of drug-likeness (QED) is 0.616. The van der Waals surface area contributed by atoms with E-state index in [-0.39, 0.29) is 11.6 Å². The van der Waals surface area contributed by atoms with Gasteiger partial charge in [0.15, 0.2) is 0 Å². The van der Waals surface area contributed by atoms with Gasteiger partial charge in [0.25, 0.3) is 0 Å². The summed E-state index contributed by atoms with van der Waals surface area (Å²) in [5.41, 5.74) is 2.54. The van der Waals surface area contributed by atoms with Crippen LogP contribution in [0.1, 0.15) is 38.1 Å². The second-order valence-corrected chi connectivity index (χ2v) is 7.82. The second-order valence-electron chi connectivity index (χ2n) is 7.82. The first-order chi connectivity index (χ1) is 13.4. The molecule has 0 aliphatic carbocycles. The largest absolute Gasteiger partial charge is 0.361 e. The maximum atomic E-state index is 14.0. The minimum Gasteiger partial charge on any atom is -0.361 e. The average Bonchev–Trinajstić information content (AvgIpc) is 3.01. The highest BCUT2D eigenvalue weighted by molar-refractivity contribution is 5.87. The number of rotatable bonds is 2. The fourth-order valence-electron chi connectivity index (χ4n) is 3.76. The molecular formula is C23H21FN4. The van der Waals surface area contributed by atoms with E-state index in [4.69, 9.17) is 0 Å². The van der Waals surface area contributed by atoms with Gasteiger partial charge in [0.05, 0.1) is 23.5 Å². The van der Waals surface area contributed by atoms with Crippen molar-refractivity contribution in [1.29, 1.82) is 5.26 Å². The predicted octanol–water partition coefficient (Wildman–Crippen LogP) is 5.26. The first-order valence-corrected chi connectivity index (χ1v) is 9.20. The fourth-order valence-corrected chi connectivity index (χ4v) is 3.76. The topological polar surface area (TPSA) is 44.9 Å². The molecule has 0 amide bonds. The lowest BCUT2D eigenvalue weighted by atomic mass is 9.97. The molecule has 0 radical (unpaired) electrons. The molecule has 3 aromatic rings. The number of nitrogens with zero attached hydrogens (tertiary/aromatic N) is 4. The summed E-state index contributed by atoms with van der Waals surface area (Å²) < 4.78 is 16.0. The highest BCUT2D eigenvalue weighted by Crippen LogP contribution is 2.39. The molecule has 2 aromatic heterocycles. The molecule has 4 nitrogen and oxygen atoms in total. The van der Waals surface area contributed by atoms with Crippen molar-refractivity contribution in [2.75, 3.05) is 0 Å². The molecule has 1 unspecified atom stereocenters. The molecule has 5 heteroatoms. The molecular weight excluding hydrogens is 351 g/mol. The number of halogens is 1. The van der Waals surface area contributed by atoms with Crippen molar-refractivity contribution < 1.29 is 4.39 Å². The lowest BCUT2D eigenvalue weighted by Crippen LogP contribution is -2.41. The fraction of sp³-hybridized carbons (Fsp3) is 0.217. The number of nitriles is 1. The summed E-state index contributed by atoms with van der Waals surface area (Å²) in [4.78, 5) is 6.55. The standard InChI is InChI=1S/C23H21FN4/c1-23(2,3)27-12-8-7-11-20(27)21-19(14-25)18-13-16(24)15-26-22(18)28(21)17-9-5-4-6-10-17/h4-13,15,20H,1-3H3. The van der Waals surface area contributed by atoms with Gasteiger partial charge in [0.1, 0.15) is 17.5 Å². The minimum atomic E-state index is -0.451. The lowest BCUT2D eigenvalue weighted by Gasteiger charge is -2.41. The molecule has 0 fully saturated rings. The Hall–Kier alpha value is -3.39. The molecule has 28 heavy (non-hydrogen) atoms. The molecule has 0 bridgehead atoms. The summed E-state index contributed by atoms with van der Waals surface area (Å²) in [6, 6.07) is 13.3. The molecule has 3 heterocycles. The van der Waals surface area contributed by atoms with Crippen LogP contribution in [0.25, 0.3) is 16.7 Å². The van der Waals surface area contributed by atoms with E-state index >= 15 is 0 Å². The molecule has 0 saturated carbocycles. The van der Waals surface area contributed by atoms with E-state index < -0.39 is 5.82 Å². The highest BCUT2D eigenvalue weighted by atomic mass is 19.1. The Kier molecular flexibility index (Phi) is 4.27. The third kappa shape index (κ3) is 2.87. The Morgan fingerprint density at radius 1 is 1.14 bits per heavy atom. The van der Waals surface area contributed by atoms with Crippen molar-refractivity contribution >= 4 is 11.0 Å². The van der Waals surface area contributed by atoms with Gasteiger partial charge in [-0.1, -0.05) is 30.4 Å². The van der Waals surface area contributed by atoms with Crippen LogP contribution < -0.4 is 0 Å². The van der Waals surface area contributed by atoms with Crippen LogP contribution >= 0.6 is 0 Å². The maximum Gasteiger partial charge on any atom is 0.146 e. The van der Waals surface area contributed by atoms with Crippen molar-refractivity contribution in [1.82, 2.24) is 14.5 Å². The van der Waals surface area contributed by atoms with E-state index in [1.54, 1.807) is 0 Å². The van der Waals surface area contributed by atoms with Crippen molar-refractivity contribution in [3.63, 3.8) is 0 Å². The van der Waals surface area contributed by atoms with Gasteiger partial charge in [-0.2, -0.15) is 5.26 Å². The number of aromatic nitrogens is 2. The summed E-state index contributed by atoms with van der Waals surface area (Å²) in [5.74, 6) is -0.451. The van der Waals surface area contributed by atoms with Crippen LogP contribution in [0.5, 0.6) is 0 Å².